The summed E-state index contributed by atoms with van der Waals surface area (Å²) in [6.07, 6.45) is 3.74. The van der Waals surface area contributed by atoms with Crippen LogP contribution in [-0.2, 0) is 0 Å². The summed E-state index contributed by atoms with van der Waals surface area (Å²) in [6.45, 7) is 0.853. The van der Waals surface area contributed by atoms with Gasteiger partial charge in [-0.25, -0.2) is 0 Å². The minimum Gasteiger partial charge on any atom is -0.496 e. The van der Waals surface area contributed by atoms with Crippen molar-refractivity contribution in [2.45, 2.75) is 5.92 Å². The largest absolute Gasteiger partial charge is 0.496 e. The van der Waals surface area contributed by atoms with Crippen LogP contribution in [0.4, 0.5) is 0 Å². The van der Waals surface area contributed by atoms with E-state index in [1.807, 2.05) is 31.6 Å². The first-order valence-electron chi connectivity index (χ1n) is 7.70. The summed E-state index contributed by atoms with van der Waals surface area (Å²) in [5.41, 5.74) is 4.71. The molecule has 0 saturated heterocycles. The zero-order chi connectivity index (χ0) is 16.1. The summed E-state index contributed by atoms with van der Waals surface area (Å²) in [4.78, 5) is 0. The predicted molar refractivity (Wildman–Crippen MR) is 92.8 cm³/mol. The van der Waals surface area contributed by atoms with E-state index in [2.05, 4.69) is 51.9 Å². The molecule has 4 nitrogen and oxygen atoms in total. The molecule has 4 heteroatoms. The van der Waals surface area contributed by atoms with Gasteiger partial charge in [-0.2, -0.15) is 5.10 Å². The van der Waals surface area contributed by atoms with Crippen molar-refractivity contribution in [2.75, 3.05) is 20.7 Å². The number of H-pyrrole nitrogens is 1. The van der Waals surface area contributed by atoms with Crippen molar-refractivity contribution in [2.24, 2.45) is 0 Å². The van der Waals surface area contributed by atoms with Crippen molar-refractivity contribution >= 4 is 0 Å². The molecule has 0 spiro atoms. The molecule has 2 N–H and O–H groups in total. The molecule has 0 aliphatic rings. The second-order valence-electron chi connectivity index (χ2n) is 5.46. The van der Waals surface area contributed by atoms with Gasteiger partial charge < -0.3 is 10.1 Å². The molecule has 0 saturated carbocycles. The van der Waals surface area contributed by atoms with Crippen LogP contribution < -0.4 is 10.1 Å². The molecule has 0 aliphatic heterocycles. The average molecular weight is 307 g/mol. The minimum absolute atomic E-state index is 0.245. The van der Waals surface area contributed by atoms with Gasteiger partial charge in [0.25, 0.3) is 0 Å². The molecular weight excluding hydrogens is 286 g/mol. The van der Waals surface area contributed by atoms with Crippen LogP contribution in [0.5, 0.6) is 5.75 Å². The molecule has 0 aliphatic carbocycles. The van der Waals surface area contributed by atoms with Crippen molar-refractivity contribution < 1.29 is 4.74 Å². The van der Waals surface area contributed by atoms with E-state index < -0.39 is 0 Å². The number of methoxy groups -OCH3 is 1. The SMILES string of the molecule is CNCC(c1ccc(-c2cn[nH]c2)cc1)c1ccccc1OC. The molecule has 3 rings (SSSR count). The highest BCUT2D eigenvalue weighted by atomic mass is 16.5. The number of ether oxygens (including phenoxy) is 1. The first-order valence-corrected chi connectivity index (χ1v) is 7.70. The molecule has 0 amide bonds. The van der Waals surface area contributed by atoms with Crippen molar-refractivity contribution in [1.29, 1.82) is 0 Å². The van der Waals surface area contributed by atoms with Gasteiger partial charge in [0.15, 0.2) is 0 Å². The molecule has 0 fully saturated rings. The van der Waals surface area contributed by atoms with Gasteiger partial charge in [-0.1, -0.05) is 42.5 Å². The second-order valence-corrected chi connectivity index (χ2v) is 5.46. The van der Waals surface area contributed by atoms with Gasteiger partial charge in [0.05, 0.1) is 13.3 Å². The summed E-state index contributed by atoms with van der Waals surface area (Å²) in [5.74, 6) is 1.17. The Hall–Kier alpha value is -2.59. The third kappa shape index (κ3) is 3.27. The zero-order valence-electron chi connectivity index (χ0n) is 13.4. The maximum absolute atomic E-state index is 5.54. The Morgan fingerprint density at radius 3 is 2.52 bits per heavy atom. The molecule has 1 unspecified atom stereocenters. The number of likely N-dealkylation sites (N-methyl/N-ethyl adjacent to an activating group) is 1. The van der Waals surface area contributed by atoms with Gasteiger partial charge >= 0.3 is 0 Å². The number of rotatable bonds is 6. The molecule has 2 aromatic carbocycles. The Morgan fingerprint density at radius 2 is 1.87 bits per heavy atom. The lowest BCUT2D eigenvalue weighted by molar-refractivity contribution is 0.407. The van der Waals surface area contributed by atoms with Crippen LogP contribution in [0.3, 0.4) is 0 Å². The molecule has 118 valence electrons. The monoisotopic (exact) mass is 307 g/mol. The lowest BCUT2D eigenvalue weighted by Gasteiger charge is -2.20. The zero-order valence-corrected chi connectivity index (χ0v) is 13.4. The number of para-hydroxylation sites is 1. The highest BCUT2D eigenvalue weighted by Crippen LogP contribution is 2.32. The maximum Gasteiger partial charge on any atom is 0.122 e. The maximum atomic E-state index is 5.54. The standard InChI is InChI=1S/C19H21N3O/c1-20-13-18(17-5-3-4-6-19(17)23-2)15-9-7-14(8-10-15)16-11-21-22-12-16/h3-12,18,20H,13H2,1-2H3,(H,21,22). The van der Waals surface area contributed by atoms with Crippen LogP contribution in [0.1, 0.15) is 17.0 Å². The highest BCUT2D eigenvalue weighted by molar-refractivity contribution is 5.62. The highest BCUT2D eigenvalue weighted by Gasteiger charge is 2.17. The van der Waals surface area contributed by atoms with Gasteiger partial charge in [0, 0.05) is 29.8 Å². The molecule has 3 aromatic rings. The topological polar surface area (TPSA) is 49.9 Å². The second kappa shape index (κ2) is 7.11. The molecule has 1 heterocycles. The van der Waals surface area contributed by atoms with Gasteiger partial charge in [-0.05, 0) is 24.2 Å². The van der Waals surface area contributed by atoms with E-state index >= 15 is 0 Å². The molecule has 1 atom stereocenters. The van der Waals surface area contributed by atoms with Crippen LogP contribution in [0.25, 0.3) is 11.1 Å². The van der Waals surface area contributed by atoms with E-state index in [0.717, 1.165) is 23.4 Å². The van der Waals surface area contributed by atoms with E-state index in [9.17, 15) is 0 Å². The van der Waals surface area contributed by atoms with Crippen molar-refractivity contribution in [3.8, 4) is 16.9 Å². The van der Waals surface area contributed by atoms with E-state index in [1.165, 1.54) is 11.1 Å². The Balaban J connectivity index is 1.95. The van der Waals surface area contributed by atoms with Crippen LogP contribution in [0.15, 0.2) is 60.9 Å². The third-order valence-corrected chi connectivity index (χ3v) is 4.07. The first kappa shape index (κ1) is 15.3. The third-order valence-electron chi connectivity index (χ3n) is 4.07. The van der Waals surface area contributed by atoms with Crippen LogP contribution in [-0.4, -0.2) is 30.9 Å². The Labute approximate surface area is 136 Å². The van der Waals surface area contributed by atoms with Gasteiger partial charge in [-0.15, -0.1) is 0 Å². The Morgan fingerprint density at radius 1 is 1.09 bits per heavy atom. The first-order chi connectivity index (χ1) is 11.3. The number of benzene rings is 2. The molecule has 0 bridgehead atoms. The number of aromatic amines is 1. The smallest absolute Gasteiger partial charge is 0.122 e. The summed E-state index contributed by atoms with van der Waals surface area (Å²) < 4.78 is 5.54. The van der Waals surface area contributed by atoms with Crippen molar-refractivity contribution in [1.82, 2.24) is 15.5 Å². The normalized spacial score (nSPS) is 12.1. The fourth-order valence-electron chi connectivity index (χ4n) is 2.88. The number of nitrogens with zero attached hydrogens (tertiary/aromatic N) is 1. The fourth-order valence-corrected chi connectivity index (χ4v) is 2.88. The summed E-state index contributed by atoms with van der Waals surface area (Å²) >= 11 is 0. The van der Waals surface area contributed by atoms with E-state index in [0.29, 0.717) is 0 Å². The lowest BCUT2D eigenvalue weighted by atomic mass is 9.89. The number of hydrogen-bond donors (Lipinski definition) is 2. The van der Waals surface area contributed by atoms with Crippen molar-refractivity contribution in [3.05, 3.63) is 72.1 Å². The average Bonchev–Trinajstić information content (AvgIpc) is 3.14. The van der Waals surface area contributed by atoms with E-state index in [-0.39, 0.29) is 5.92 Å². The molecule has 1 aromatic heterocycles. The van der Waals surface area contributed by atoms with Gasteiger partial charge in [0.1, 0.15) is 5.75 Å². The Kier molecular flexibility index (Phi) is 4.74. The van der Waals surface area contributed by atoms with Crippen LogP contribution >= 0.6 is 0 Å². The molecular formula is C19H21N3O. The van der Waals surface area contributed by atoms with Gasteiger partial charge in [-0.3, -0.25) is 5.10 Å². The van der Waals surface area contributed by atoms with Crippen LogP contribution in [0.2, 0.25) is 0 Å². The van der Waals surface area contributed by atoms with Crippen molar-refractivity contribution in [3.63, 3.8) is 0 Å². The van der Waals surface area contributed by atoms with E-state index in [1.54, 1.807) is 7.11 Å². The molecule has 0 radical (unpaired) electrons. The quantitative estimate of drug-likeness (QED) is 0.733. The van der Waals surface area contributed by atoms with Crippen LogP contribution in [0, 0.1) is 0 Å². The predicted octanol–water partition coefficient (Wildman–Crippen LogP) is 3.44. The Bertz CT molecular complexity index is 736. The number of aromatic nitrogens is 2. The molecule has 23 heavy (non-hydrogen) atoms. The fraction of sp³-hybridized carbons (Fsp3) is 0.211. The summed E-state index contributed by atoms with van der Waals surface area (Å²) in [7, 11) is 3.69. The number of hydrogen-bond acceptors (Lipinski definition) is 3. The summed E-state index contributed by atoms with van der Waals surface area (Å²) in [6, 6.07) is 16.8. The minimum atomic E-state index is 0.245. The van der Waals surface area contributed by atoms with E-state index in [4.69, 9.17) is 4.74 Å². The number of nitrogens with one attached hydrogen (secondary N) is 2. The van der Waals surface area contributed by atoms with Gasteiger partial charge in [0.2, 0.25) is 0 Å². The summed E-state index contributed by atoms with van der Waals surface area (Å²) in [5, 5.41) is 10.1. The lowest BCUT2D eigenvalue weighted by Crippen LogP contribution is -2.18.